The molecular formula is C6H18Br6Si5. The molecule has 0 rings (SSSR count). The van der Waals surface area contributed by atoms with Crippen molar-refractivity contribution in [1.82, 2.24) is 0 Å². The number of hydrogen-bond acceptors (Lipinski definition) is 0. The van der Waals surface area contributed by atoms with Crippen molar-refractivity contribution in [2.75, 3.05) is 0 Å². The molecule has 0 aliphatic carbocycles. The van der Waals surface area contributed by atoms with Gasteiger partial charge in [-0.05, 0) is 0 Å². The van der Waals surface area contributed by atoms with Crippen LogP contribution in [0.2, 0.25) is 39.3 Å². The zero-order valence-corrected chi connectivity index (χ0v) is 25.3. The van der Waals surface area contributed by atoms with Crippen LogP contribution in [-0.2, 0) is 0 Å². The summed E-state index contributed by atoms with van der Waals surface area (Å²) in [6.45, 7) is 14.7. The van der Waals surface area contributed by atoms with E-state index >= 15 is 0 Å². The highest BCUT2D eigenvalue weighted by atomic mass is 79.9. The fraction of sp³-hybridized carbons (Fsp3) is 1.00. The van der Waals surface area contributed by atoms with Crippen LogP contribution in [0.15, 0.2) is 0 Å². The van der Waals surface area contributed by atoms with Crippen molar-refractivity contribution in [3.63, 3.8) is 0 Å². The lowest BCUT2D eigenvalue weighted by molar-refractivity contribution is 1.86. The maximum Gasteiger partial charge on any atom is 0.225 e. The topological polar surface area (TPSA) is 0 Å². The summed E-state index contributed by atoms with van der Waals surface area (Å²) in [7, 11) is -2.54. The molecule has 0 spiro atoms. The lowest BCUT2D eigenvalue weighted by Crippen LogP contribution is -2.76. The first kappa shape index (κ1) is 21.0. The first-order valence-electron chi connectivity index (χ1n) is 5.13. The van der Waals surface area contributed by atoms with E-state index in [9.17, 15) is 0 Å². The van der Waals surface area contributed by atoms with Crippen molar-refractivity contribution in [2.45, 2.75) is 39.3 Å². The molecule has 0 N–H and O–H groups in total. The van der Waals surface area contributed by atoms with Gasteiger partial charge in [0.2, 0.25) is 13.0 Å². The van der Waals surface area contributed by atoms with Gasteiger partial charge in [-0.1, -0.05) is 39.3 Å². The molecule has 0 aliphatic rings. The van der Waals surface area contributed by atoms with E-state index in [1.807, 2.05) is 0 Å². The quantitative estimate of drug-likeness (QED) is 0.226. The van der Waals surface area contributed by atoms with Crippen molar-refractivity contribution < 1.29 is 0 Å². The Kier molecular flexibility index (Phi) is 7.68. The van der Waals surface area contributed by atoms with Gasteiger partial charge < -0.3 is 0 Å². The maximum atomic E-state index is 4.16. The van der Waals surface area contributed by atoms with Gasteiger partial charge >= 0.3 is 0 Å². The Morgan fingerprint density at radius 1 is 0.412 bits per heavy atom. The Morgan fingerprint density at radius 3 is 0.706 bits per heavy atom. The van der Waals surface area contributed by atoms with Crippen LogP contribution >= 0.6 is 91.8 Å². The minimum atomic E-state index is -1.74. The van der Waals surface area contributed by atoms with E-state index in [0.717, 1.165) is 0 Å². The summed E-state index contributed by atoms with van der Waals surface area (Å²) >= 11 is 24.9. The second-order valence-electron chi connectivity index (χ2n) is 6.22. The molecule has 0 heterocycles. The van der Waals surface area contributed by atoms with Gasteiger partial charge in [0.25, 0.3) is 0 Å². The average Bonchev–Trinajstić information content (AvgIpc) is 1.98. The molecule has 0 unspecified atom stereocenters. The zero-order valence-electron chi connectivity index (χ0n) is 10.8. The Morgan fingerprint density at radius 2 is 0.588 bits per heavy atom. The Balaban J connectivity index is 5.73. The number of hydrogen-bond donors (Lipinski definition) is 0. The van der Waals surface area contributed by atoms with Crippen LogP contribution in [0.3, 0.4) is 0 Å². The summed E-state index contributed by atoms with van der Waals surface area (Å²) in [4.78, 5) is 0. The highest BCUT2D eigenvalue weighted by Crippen LogP contribution is 2.56. The molecule has 0 fully saturated rings. The fourth-order valence-electron chi connectivity index (χ4n) is 1.14. The van der Waals surface area contributed by atoms with E-state index in [0.29, 0.717) is 0 Å². The molecular weight excluding hydrogens is 692 g/mol. The molecule has 0 aromatic rings. The highest BCUT2D eigenvalue weighted by Gasteiger charge is 2.71. The monoisotopic (exact) mass is 704 g/mol. The van der Waals surface area contributed by atoms with Gasteiger partial charge in [0.1, 0.15) is 0 Å². The van der Waals surface area contributed by atoms with Crippen molar-refractivity contribution >= 4 is 120 Å². The van der Waals surface area contributed by atoms with E-state index < -0.39 is 28.2 Å². The first-order chi connectivity index (χ1) is 7.00. The molecule has 0 amide bonds. The minimum Gasteiger partial charge on any atom is -0.116 e. The van der Waals surface area contributed by atoms with Gasteiger partial charge in [-0.3, -0.25) is 0 Å². The second kappa shape index (κ2) is 6.22. The van der Waals surface area contributed by atoms with Gasteiger partial charge in [0.05, 0.1) is 15.2 Å². The third kappa shape index (κ3) is 4.03. The van der Waals surface area contributed by atoms with Gasteiger partial charge in [-0.2, -0.15) is 0 Å². The molecule has 0 saturated carbocycles. The molecule has 0 aromatic carbocycles. The van der Waals surface area contributed by atoms with Crippen LogP contribution in [0.25, 0.3) is 0 Å². The van der Waals surface area contributed by atoms with E-state index in [-0.39, 0.29) is 0 Å². The van der Waals surface area contributed by atoms with Crippen molar-refractivity contribution in [1.29, 1.82) is 0 Å². The van der Waals surface area contributed by atoms with Gasteiger partial charge in [-0.25, -0.2) is 0 Å². The van der Waals surface area contributed by atoms with Crippen molar-refractivity contribution in [2.24, 2.45) is 0 Å². The van der Waals surface area contributed by atoms with E-state index in [2.05, 4.69) is 131 Å². The number of rotatable bonds is 4. The predicted octanol–water partition coefficient (Wildman–Crippen LogP) is 6.67. The van der Waals surface area contributed by atoms with Crippen LogP contribution in [-0.4, -0.2) is 28.2 Å². The standard InChI is InChI=1S/C6H18Br6Si5/c1-13(2,3)15(7,8)17(11,12)16(9,10)14(4,5)6/h1-6H3. The number of halogens is 6. The maximum absolute atomic E-state index is 4.16. The molecule has 0 radical (unpaired) electrons. The highest BCUT2D eigenvalue weighted by molar-refractivity contribution is 9.76. The Hall–Kier alpha value is 3.96. The molecule has 0 saturated heterocycles. The molecule has 104 valence electrons. The van der Waals surface area contributed by atoms with Gasteiger partial charge in [-0.15, -0.1) is 91.8 Å². The fourth-order valence-corrected chi connectivity index (χ4v) is 209. The van der Waals surface area contributed by atoms with Crippen LogP contribution in [0.5, 0.6) is 0 Å². The average molecular weight is 710 g/mol. The van der Waals surface area contributed by atoms with Crippen LogP contribution in [0.1, 0.15) is 0 Å². The summed E-state index contributed by atoms with van der Waals surface area (Å²) in [5.74, 6) is 0. The van der Waals surface area contributed by atoms with Crippen molar-refractivity contribution in [3.8, 4) is 0 Å². The molecule has 0 atom stereocenters. The SMILES string of the molecule is C[Si](C)(C)[Si](Br)(Br)[Si](Br)(Br)[Si](Br)(Br)[Si](C)(C)C. The van der Waals surface area contributed by atoms with Crippen LogP contribution in [0, 0.1) is 0 Å². The minimum absolute atomic E-state index is 1.27. The summed E-state index contributed by atoms with van der Waals surface area (Å²) in [6.07, 6.45) is 0. The van der Waals surface area contributed by atoms with Crippen LogP contribution in [0.4, 0.5) is 0 Å². The smallest absolute Gasteiger partial charge is 0.116 e. The molecule has 0 aliphatic heterocycles. The van der Waals surface area contributed by atoms with Crippen molar-refractivity contribution in [3.05, 3.63) is 0 Å². The van der Waals surface area contributed by atoms with Gasteiger partial charge in [0, 0.05) is 0 Å². The summed E-state index contributed by atoms with van der Waals surface area (Å²) in [5, 5.41) is 0. The lowest BCUT2D eigenvalue weighted by atomic mass is 11.8. The molecule has 0 bridgehead atoms. The second-order valence-corrected chi connectivity index (χ2v) is 103. The van der Waals surface area contributed by atoms with Crippen LogP contribution < -0.4 is 0 Å². The van der Waals surface area contributed by atoms with E-state index in [1.165, 1.54) is 0 Å². The largest absolute Gasteiger partial charge is 0.225 e. The first-order valence-corrected chi connectivity index (χ1v) is 35.7. The zero-order chi connectivity index (χ0) is 14.5. The lowest BCUT2D eigenvalue weighted by Gasteiger charge is -2.48. The van der Waals surface area contributed by atoms with Gasteiger partial charge in [0.15, 0.2) is 0 Å². The Labute approximate surface area is 157 Å². The summed E-state index contributed by atoms with van der Waals surface area (Å²) in [6, 6.07) is 0. The molecule has 0 aromatic heterocycles. The normalized spacial score (nSPS) is 16.2. The predicted molar refractivity (Wildman–Crippen MR) is 118 cm³/mol. The summed E-state index contributed by atoms with van der Waals surface area (Å²) in [5.41, 5.74) is 0. The third-order valence-electron chi connectivity index (χ3n) is 2.67. The van der Waals surface area contributed by atoms with E-state index in [4.69, 9.17) is 0 Å². The Bertz CT molecular complexity index is 262. The summed E-state index contributed by atoms with van der Waals surface area (Å²) < 4.78 is -5.01. The molecule has 17 heavy (non-hydrogen) atoms. The third-order valence-corrected chi connectivity index (χ3v) is 206. The molecule has 11 heteroatoms. The van der Waals surface area contributed by atoms with E-state index in [1.54, 1.807) is 0 Å². The molecule has 0 nitrogen and oxygen atoms in total.